The second-order valence-corrected chi connectivity index (χ2v) is 2.32. The van der Waals surface area contributed by atoms with Crippen LogP contribution in [0.25, 0.3) is 0 Å². The Morgan fingerprint density at radius 3 is 2.62 bits per heavy atom. The zero-order chi connectivity index (χ0) is 5.98. The lowest BCUT2D eigenvalue weighted by Gasteiger charge is -1.88. The van der Waals surface area contributed by atoms with Crippen molar-refractivity contribution in [2.75, 3.05) is 0 Å². The first kappa shape index (κ1) is 5.54. The van der Waals surface area contributed by atoms with Crippen LogP contribution >= 0.6 is 0 Å². The second-order valence-electron chi connectivity index (χ2n) is 2.32. The summed E-state index contributed by atoms with van der Waals surface area (Å²) in [6.07, 6.45) is 5.11. The van der Waals surface area contributed by atoms with E-state index in [9.17, 15) is 4.79 Å². The number of carbonyl (C=O) groups is 1. The summed E-state index contributed by atoms with van der Waals surface area (Å²) >= 11 is 0. The highest BCUT2D eigenvalue weighted by atomic mass is 16.1. The molecule has 0 radical (unpaired) electrons. The van der Waals surface area contributed by atoms with Gasteiger partial charge in [-0.25, -0.2) is 0 Å². The van der Waals surface area contributed by atoms with Crippen LogP contribution in [0.4, 0.5) is 0 Å². The van der Waals surface area contributed by atoms with Gasteiger partial charge in [-0.05, 0) is 31.8 Å². The van der Waals surface area contributed by atoms with Crippen LogP contribution in [0, 0.1) is 5.92 Å². The molecular weight excluding hydrogens is 100 g/mol. The molecule has 1 aliphatic rings. The monoisotopic (exact) mass is 110 g/mol. The molecule has 1 fully saturated rings. The van der Waals surface area contributed by atoms with Gasteiger partial charge in [0, 0.05) is 0 Å². The van der Waals surface area contributed by atoms with Crippen molar-refractivity contribution in [1.82, 2.24) is 0 Å². The van der Waals surface area contributed by atoms with Gasteiger partial charge in [-0.3, -0.25) is 4.79 Å². The molecule has 1 nitrogen and oxygen atoms in total. The van der Waals surface area contributed by atoms with Crippen molar-refractivity contribution in [1.29, 1.82) is 0 Å². The van der Waals surface area contributed by atoms with E-state index in [1.165, 1.54) is 18.4 Å². The highest BCUT2D eigenvalue weighted by Gasteiger charge is 2.22. The van der Waals surface area contributed by atoms with Gasteiger partial charge in [-0.15, -0.1) is 0 Å². The Bertz CT molecular complexity index is 120. The molecule has 8 heavy (non-hydrogen) atoms. The van der Waals surface area contributed by atoms with Gasteiger partial charge >= 0.3 is 0 Å². The normalized spacial score (nSPS) is 20.9. The van der Waals surface area contributed by atoms with Gasteiger partial charge in [-0.1, -0.05) is 5.57 Å². The molecule has 0 amide bonds. The molecule has 0 aromatic rings. The number of hydrogen-bond donors (Lipinski definition) is 0. The Labute approximate surface area is 49.4 Å². The van der Waals surface area contributed by atoms with Crippen molar-refractivity contribution in [2.24, 2.45) is 5.92 Å². The average Bonchev–Trinajstić information content (AvgIpc) is 2.45. The van der Waals surface area contributed by atoms with E-state index in [0.717, 1.165) is 12.2 Å². The third-order valence-electron chi connectivity index (χ3n) is 1.55. The summed E-state index contributed by atoms with van der Waals surface area (Å²) in [5.74, 6) is 0.750. The Morgan fingerprint density at radius 1 is 1.62 bits per heavy atom. The Balaban J connectivity index is 2.41. The van der Waals surface area contributed by atoms with Crippen molar-refractivity contribution in [2.45, 2.75) is 19.8 Å². The topological polar surface area (TPSA) is 17.1 Å². The van der Waals surface area contributed by atoms with Gasteiger partial charge in [0.25, 0.3) is 0 Å². The lowest BCUT2D eigenvalue weighted by molar-refractivity contribution is -0.104. The van der Waals surface area contributed by atoms with Crippen molar-refractivity contribution in [3.8, 4) is 0 Å². The second kappa shape index (κ2) is 2.12. The maximum atomic E-state index is 9.87. The molecule has 0 aromatic heterocycles. The van der Waals surface area contributed by atoms with Crippen LogP contribution in [0.2, 0.25) is 0 Å². The van der Waals surface area contributed by atoms with E-state index in [1.54, 1.807) is 6.08 Å². The highest BCUT2D eigenvalue weighted by Crippen LogP contribution is 2.35. The van der Waals surface area contributed by atoms with Crippen LogP contribution in [0.3, 0.4) is 0 Å². The summed E-state index contributed by atoms with van der Waals surface area (Å²) in [6, 6.07) is 0. The van der Waals surface area contributed by atoms with E-state index in [2.05, 4.69) is 0 Å². The number of aldehydes is 1. The highest BCUT2D eigenvalue weighted by molar-refractivity contribution is 5.66. The van der Waals surface area contributed by atoms with Gasteiger partial charge < -0.3 is 0 Å². The van der Waals surface area contributed by atoms with Gasteiger partial charge in [0.2, 0.25) is 0 Å². The van der Waals surface area contributed by atoms with Crippen LogP contribution in [0.15, 0.2) is 11.6 Å². The lowest BCUT2D eigenvalue weighted by Crippen LogP contribution is -1.76. The molecule has 0 N–H and O–H groups in total. The minimum atomic E-state index is 0.750. The summed E-state index contributed by atoms with van der Waals surface area (Å²) in [5.41, 5.74) is 1.25. The van der Waals surface area contributed by atoms with Crippen molar-refractivity contribution < 1.29 is 4.79 Å². The SMILES string of the molecule is CC(=CC=O)C1CC1. The molecule has 0 spiro atoms. The smallest absolute Gasteiger partial charge is 0.142 e. The Kier molecular flexibility index (Phi) is 1.47. The lowest BCUT2D eigenvalue weighted by atomic mass is 10.2. The predicted molar refractivity (Wildman–Crippen MR) is 32.5 cm³/mol. The fourth-order valence-corrected chi connectivity index (χ4v) is 0.782. The minimum absolute atomic E-state index is 0.750. The van der Waals surface area contributed by atoms with Crippen molar-refractivity contribution in [3.05, 3.63) is 11.6 Å². The maximum absolute atomic E-state index is 9.87. The summed E-state index contributed by atoms with van der Waals surface area (Å²) in [6.45, 7) is 2.02. The van der Waals surface area contributed by atoms with E-state index in [-0.39, 0.29) is 0 Å². The number of hydrogen-bond acceptors (Lipinski definition) is 1. The zero-order valence-corrected chi connectivity index (χ0v) is 5.05. The summed E-state index contributed by atoms with van der Waals surface area (Å²) in [5, 5.41) is 0. The molecule has 1 aliphatic carbocycles. The van der Waals surface area contributed by atoms with Crippen LogP contribution in [-0.4, -0.2) is 6.29 Å². The molecule has 0 atom stereocenters. The van der Waals surface area contributed by atoms with E-state index >= 15 is 0 Å². The maximum Gasteiger partial charge on any atom is 0.142 e. The summed E-state index contributed by atoms with van der Waals surface area (Å²) in [4.78, 5) is 9.87. The zero-order valence-electron chi connectivity index (χ0n) is 5.05. The molecule has 0 aliphatic heterocycles. The Hall–Kier alpha value is -0.590. The molecule has 0 heterocycles. The summed E-state index contributed by atoms with van der Waals surface area (Å²) < 4.78 is 0. The molecule has 1 rings (SSSR count). The van der Waals surface area contributed by atoms with Gasteiger partial charge in [-0.2, -0.15) is 0 Å². The third-order valence-corrected chi connectivity index (χ3v) is 1.55. The van der Waals surface area contributed by atoms with Gasteiger partial charge in [0.05, 0.1) is 0 Å². The number of allylic oxidation sites excluding steroid dienone is 2. The number of carbonyl (C=O) groups excluding carboxylic acids is 1. The van der Waals surface area contributed by atoms with Crippen LogP contribution < -0.4 is 0 Å². The van der Waals surface area contributed by atoms with Crippen molar-refractivity contribution in [3.63, 3.8) is 0 Å². The Morgan fingerprint density at radius 2 is 2.25 bits per heavy atom. The first-order valence-electron chi connectivity index (χ1n) is 2.96. The van der Waals surface area contributed by atoms with Gasteiger partial charge in [0.1, 0.15) is 6.29 Å². The standard InChI is InChI=1S/C7H10O/c1-6(4-5-8)7-2-3-7/h4-5,7H,2-3H2,1H3. The van der Waals surface area contributed by atoms with Crippen LogP contribution in [0.5, 0.6) is 0 Å². The largest absolute Gasteiger partial charge is 0.299 e. The van der Waals surface area contributed by atoms with E-state index in [0.29, 0.717) is 0 Å². The molecule has 0 saturated heterocycles. The predicted octanol–water partition coefficient (Wildman–Crippen LogP) is 1.54. The average molecular weight is 110 g/mol. The van der Waals surface area contributed by atoms with E-state index in [4.69, 9.17) is 0 Å². The van der Waals surface area contributed by atoms with Crippen LogP contribution in [0.1, 0.15) is 19.8 Å². The molecule has 0 unspecified atom stereocenters. The van der Waals surface area contributed by atoms with Crippen molar-refractivity contribution >= 4 is 6.29 Å². The molecule has 44 valence electrons. The molecule has 1 saturated carbocycles. The van der Waals surface area contributed by atoms with E-state index < -0.39 is 0 Å². The van der Waals surface area contributed by atoms with Gasteiger partial charge in [0.15, 0.2) is 0 Å². The quantitative estimate of drug-likeness (QED) is 0.389. The van der Waals surface area contributed by atoms with E-state index in [1.807, 2.05) is 6.92 Å². The first-order valence-corrected chi connectivity index (χ1v) is 2.96. The third kappa shape index (κ3) is 1.19. The van der Waals surface area contributed by atoms with Crippen LogP contribution in [-0.2, 0) is 4.79 Å². The molecule has 0 bridgehead atoms. The molecule has 0 aromatic carbocycles. The molecular formula is C7H10O. The first-order chi connectivity index (χ1) is 3.84. The molecule has 1 heteroatoms. The number of rotatable bonds is 2. The minimum Gasteiger partial charge on any atom is -0.299 e. The summed E-state index contributed by atoms with van der Waals surface area (Å²) in [7, 11) is 0. The fourth-order valence-electron chi connectivity index (χ4n) is 0.782. The fraction of sp³-hybridized carbons (Fsp3) is 0.571.